The van der Waals surface area contributed by atoms with Gasteiger partial charge in [0.2, 0.25) is 0 Å². The predicted octanol–water partition coefficient (Wildman–Crippen LogP) is 1.81. The van der Waals surface area contributed by atoms with Gasteiger partial charge < -0.3 is 16.2 Å². The number of benzene rings is 2. The molecule has 0 fully saturated rings. The molecule has 0 spiro atoms. The molecule has 2 aromatic rings. The molecule has 0 bridgehead atoms. The molecule has 108 valence electrons. The largest absolute Gasteiger partial charge is 0.480 e. The third kappa shape index (κ3) is 4.20. The minimum Gasteiger partial charge on any atom is -0.480 e. The van der Waals surface area contributed by atoms with Gasteiger partial charge in [-0.3, -0.25) is 4.79 Å². The molecule has 0 aliphatic rings. The molecule has 4 nitrogen and oxygen atoms in total. The zero-order chi connectivity index (χ0) is 13.7. The molecular formula is C15H19ClN2O2. The summed E-state index contributed by atoms with van der Waals surface area (Å²) in [7, 11) is 0. The van der Waals surface area contributed by atoms with Crippen LogP contribution >= 0.6 is 12.4 Å². The number of carboxylic acids is 1. The first kappa shape index (κ1) is 16.4. The van der Waals surface area contributed by atoms with Crippen LogP contribution < -0.4 is 11.1 Å². The summed E-state index contributed by atoms with van der Waals surface area (Å²) in [6, 6.07) is 13.6. The van der Waals surface area contributed by atoms with E-state index in [9.17, 15) is 4.79 Å². The summed E-state index contributed by atoms with van der Waals surface area (Å²) in [6.07, 6.45) is 0.855. The molecule has 0 saturated carbocycles. The highest BCUT2D eigenvalue weighted by Crippen LogP contribution is 2.18. The van der Waals surface area contributed by atoms with Crippen LogP contribution in [0.3, 0.4) is 0 Å². The summed E-state index contributed by atoms with van der Waals surface area (Å²) < 4.78 is 0. The minimum absolute atomic E-state index is 0. The first-order chi connectivity index (χ1) is 9.18. The molecule has 5 heteroatoms. The molecule has 0 aliphatic heterocycles. The Bertz CT molecular complexity index is 569. The van der Waals surface area contributed by atoms with Crippen molar-refractivity contribution >= 4 is 29.1 Å². The van der Waals surface area contributed by atoms with Crippen molar-refractivity contribution in [3.8, 4) is 0 Å². The maximum absolute atomic E-state index is 10.6. The van der Waals surface area contributed by atoms with Gasteiger partial charge in [-0.05, 0) is 29.3 Å². The van der Waals surface area contributed by atoms with E-state index in [1.165, 1.54) is 16.3 Å². The van der Waals surface area contributed by atoms with Crippen molar-refractivity contribution < 1.29 is 9.90 Å². The van der Waals surface area contributed by atoms with Crippen LogP contribution in [0.5, 0.6) is 0 Å². The molecule has 0 amide bonds. The van der Waals surface area contributed by atoms with E-state index in [1.807, 2.05) is 18.2 Å². The van der Waals surface area contributed by atoms with Gasteiger partial charge in [-0.1, -0.05) is 42.5 Å². The van der Waals surface area contributed by atoms with Gasteiger partial charge in [-0.25, -0.2) is 0 Å². The molecule has 2 rings (SSSR count). The Morgan fingerprint density at radius 2 is 1.90 bits per heavy atom. The number of halogens is 1. The second kappa shape index (κ2) is 7.85. The lowest BCUT2D eigenvalue weighted by Crippen LogP contribution is -2.40. The fraction of sp³-hybridized carbons (Fsp3) is 0.267. The summed E-state index contributed by atoms with van der Waals surface area (Å²) in [5, 5.41) is 14.2. The first-order valence-corrected chi connectivity index (χ1v) is 6.34. The van der Waals surface area contributed by atoms with E-state index in [0.29, 0.717) is 6.54 Å². The number of carboxylic acid groups (broad SMARTS) is 1. The third-order valence-electron chi connectivity index (χ3n) is 3.13. The highest BCUT2D eigenvalue weighted by atomic mass is 35.5. The molecule has 0 heterocycles. The normalized spacial score (nSPS) is 11.8. The van der Waals surface area contributed by atoms with Gasteiger partial charge in [0.1, 0.15) is 6.04 Å². The summed E-state index contributed by atoms with van der Waals surface area (Å²) in [6.45, 7) is 1.01. The van der Waals surface area contributed by atoms with Crippen molar-refractivity contribution in [3.05, 3.63) is 48.0 Å². The van der Waals surface area contributed by atoms with E-state index in [4.69, 9.17) is 10.8 Å². The van der Waals surface area contributed by atoms with Crippen LogP contribution in [0.1, 0.15) is 5.56 Å². The molecule has 1 atom stereocenters. The smallest absolute Gasteiger partial charge is 0.321 e. The van der Waals surface area contributed by atoms with Gasteiger partial charge in [0.05, 0.1) is 0 Å². The van der Waals surface area contributed by atoms with Crippen LogP contribution in [0, 0.1) is 0 Å². The van der Waals surface area contributed by atoms with Crippen LogP contribution in [-0.2, 0) is 11.2 Å². The average Bonchev–Trinajstić information content (AvgIpc) is 2.43. The lowest BCUT2D eigenvalue weighted by Gasteiger charge is -2.09. The Labute approximate surface area is 124 Å². The van der Waals surface area contributed by atoms with Crippen molar-refractivity contribution in [1.29, 1.82) is 0 Å². The summed E-state index contributed by atoms with van der Waals surface area (Å²) in [5.41, 5.74) is 6.68. The van der Waals surface area contributed by atoms with Crippen LogP contribution in [0.2, 0.25) is 0 Å². The minimum atomic E-state index is -0.974. The number of carbonyl (C=O) groups is 1. The van der Waals surface area contributed by atoms with Crippen molar-refractivity contribution in [3.63, 3.8) is 0 Å². The molecule has 0 aromatic heterocycles. The van der Waals surface area contributed by atoms with E-state index in [1.54, 1.807) is 0 Å². The molecular weight excluding hydrogens is 276 g/mol. The Balaban J connectivity index is 0.00000200. The number of rotatable bonds is 6. The van der Waals surface area contributed by atoms with Gasteiger partial charge in [0.15, 0.2) is 0 Å². The van der Waals surface area contributed by atoms with Crippen molar-refractivity contribution in [1.82, 2.24) is 5.32 Å². The van der Waals surface area contributed by atoms with E-state index in [-0.39, 0.29) is 12.4 Å². The fourth-order valence-electron chi connectivity index (χ4n) is 2.08. The number of fused-ring (bicyclic) bond motifs is 1. The topological polar surface area (TPSA) is 75.3 Å². The Morgan fingerprint density at radius 3 is 2.65 bits per heavy atom. The Hall–Kier alpha value is -1.62. The fourth-order valence-corrected chi connectivity index (χ4v) is 2.08. The monoisotopic (exact) mass is 294 g/mol. The van der Waals surface area contributed by atoms with E-state index in [2.05, 4.69) is 29.6 Å². The van der Waals surface area contributed by atoms with Gasteiger partial charge in [-0.15, -0.1) is 12.4 Å². The highest BCUT2D eigenvalue weighted by Gasteiger charge is 2.09. The van der Waals surface area contributed by atoms with Crippen LogP contribution in [0.25, 0.3) is 10.8 Å². The number of nitrogens with one attached hydrogen (secondary N) is 1. The van der Waals surface area contributed by atoms with Crippen LogP contribution in [-0.4, -0.2) is 30.2 Å². The zero-order valence-electron chi connectivity index (χ0n) is 11.1. The molecule has 0 radical (unpaired) electrons. The SMILES string of the molecule is Cl.NC(CNCCc1cccc2ccccc12)C(=O)O. The molecule has 0 aliphatic carbocycles. The number of nitrogens with two attached hydrogens (primary N) is 1. The lowest BCUT2D eigenvalue weighted by molar-refractivity contribution is -0.138. The van der Waals surface area contributed by atoms with E-state index in [0.717, 1.165) is 13.0 Å². The summed E-state index contributed by atoms with van der Waals surface area (Å²) in [4.78, 5) is 10.6. The number of hydrogen-bond donors (Lipinski definition) is 3. The van der Waals surface area contributed by atoms with Crippen molar-refractivity contribution in [2.75, 3.05) is 13.1 Å². The second-order valence-corrected chi connectivity index (χ2v) is 4.54. The maximum Gasteiger partial charge on any atom is 0.321 e. The van der Waals surface area contributed by atoms with Gasteiger partial charge in [-0.2, -0.15) is 0 Å². The summed E-state index contributed by atoms with van der Waals surface area (Å²) in [5.74, 6) is -0.974. The number of hydrogen-bond acceptors (Lipinski definition) is 3. The Morgan fingerprint density at radius 1 is 1.20 bits per heavy atom. The molecule has 1 unspecified atom stereocenters. The molecule has 0 saturated heterocycles. The summed E-state index contributed by atoms with van der Waals surface area (Å²) >= 11 is 0. The lowest BCUT2D eigenvalue weighted by atomic mass is 10.0. The van der Waals surface area contributed by atoms with Crippen LogP contribution in [0.4, 0.5) is 0 Å². The predicted molar refractivity (Wildman–Crippen MR) is 83.4 cm³/mol. The average molecular weight is 295 g/mol. The van der Waals surface area contributed by atoms with Crippen molar-refractivity contribution in [2.45, 2.75) is 12.5 Å². The maximum atomic E-state index is 10.6. The third-order valence-corrected chi connectivity index (χ3v) is 3.13. The number of aliphatic carboxylic acids is 1. The van der Waals surface area contributed by atoms with Crippen LogP contribution in [0.15, 0.2) is 42.5 Å². The zero-order valence-corrected chi connectivity index (χ0v) is 11.9. The highest BCUT2D eigenvalue weighted by molar-refractivity contribution is 5.86. The molecule has 2 aromatic carbocycles. The second-order valence-electron chi connectivity index (χ2n) is 4.54. The van der Waals surface area contributed by atoms with Gasteiger partial charge in [0.25, 0.3) is 0 Å². The Kier molecular flexibility index (Phi) is 6.45. The quantitative estimate of drug-likeness (QED) is 0.710. The van der Waals surface area contributed by atoms with E-state index >= 15 is 0 Å². The molecule has 20 heavy (non-hydrogen) atoms. The standard InChI is InChI=1S/C15H18N2O2.ClH/c16-14(15(18)19)10-17-9-8-12-6-3-5-11-4-1-2-7-13(11)12;/h1-7,14,17H,8-10,16H2,(H,18,19);1H. The van der Waals surface area contributed by atoms with Crippen molar-refractivity contribution in [2.24, 2.45) is 5.73 Å². The van der Waals surface area contributed by atoms with Gasteiger partial charge in [0, 0.05) is 6.54 Å². The first-order valence-electron chi connectivity index (χ1n) is 6.34. The van der Waals surface area contributed by atoms with E-state index < -0.39 is 12.0 Å². The molecule has 4 N–H and O–H groups in total. The van der Waals surface area contributed by atoms with Gasteiger partial charge >= 0.3 is 5.97 Å².